The number of hydrogen-bond donors (Lipinski definition) is 0. The molecule has 0 unspecified atom stereocenters. The molecule has 1 aromatic carbocycles. The lowest BCUT2D eigenvalue weighted by Gasteiger charge is -2.09. The quantitative estimate of drug-likeness (QED) is 0.664. The Morgan fingerprint density at radius 3 is 2.43 bits per heavy atom. The number of aliphatic imine (C=N–C) groups is 1. The Hall–Kier alpha value is -1.64. The van der Waals surface area contributed by atoms with Gasteiger partial charge in [0.2, 0.25) is 5.90 Å². The van der Waals surface area contributed by atoms with Gasteiger partial charge in [0.1, 0.15) is 5.71 Å². The van der Waals surface area contributed by atoms with Gasteiger partial charge in [-0.15, -0.1) is 0 Å². The molecule has 1 aliphatic rings. The minimum Gasteiger partial charge on any atom is -0.342 e. The van der Waals surface area contributed by atoms with Gasteiger partial charge in [0, 0.05) is 12.5 Å². The summed E-state index contributed by atoms with van der Waals surface area (Å²) in [5.41, 5.74) is 3.20. The monoisotopic (exact) mass is 188 g/mol. The number of nitrogens with zero attached hydrogens (tertiary/aromatic N) is 2. The molecule has 0 saturated heterocycles. The summed E-state index contributed by atoms with van der Waals surface area (Å²) in [5.74, 6) is 0.626. The van der Waals surface area contributed by atoms with Crippen molar-refractivity contribution in [2.75, 3.05) is 6.54 Å². The van der Waals surface area contributed by atoms with E-state index in [0.717, 1.165) is 11.3 Å². The fourth-order valence-corrected chi connectivity index (χ4v) is 1.26. The summed E-state index contributed by atoms with van der Waals surface area (Å²) in [4.78, 5) is 9.19. The molecule has 14 heavy (non-hydrogen) atoms. The van der Waals surface area contributed by atoms with Gasteiger partial charge in [-0.2, -0.15) is 0 Å². The minimum atomic E-state index is 0.606. The van der Waals surface area contributed by atoms with Crippen molar-refractivity contribution < 1.29 is 4.84 Å². The first kappa shape index (κ1) is 8.94. The normalized spacial score (nSPS) is 15.6. The van der Waals surface area contributed by atoms with Gasteiger partial charge in [-0.25, -0.2) is 4.99 Å². The van der Waals surface area contributed by atoms with Crippen LogP contribution in [0, 0.1) is 6.92 Å². The fraction of sp³-hybridized carbons (Fsp3) is 0.273. The Bertz CT molecular complexity index is 390. The second-order valence-corrected chi connectivity index (χ2v) is 3.33. The zero-order chi connectivity index (χ0) is 9.97. The lowest BCUT2D eigenvalue weighted by molar-refractivity contribution is 0.318. The van der Waals surface area contributed by atoms with E-state index in [4.69, 9.17) is 4.84 Å². The molecule has 1 heterocycles. The van der Waals surface area contributed by atoms with Crippen molar-refractivity contribution in [1.29, 1.82) is 0 Å². The van der Waals surface area contributed by atoms with E-state index in [9.17, 15) is 0 Å². The SMILES string of the molecule is CC1=NCC(c2ccc(C)cc2)=NO1. The number of rotatable bonds is 1. The molecule has 0 amide bonds. The van der Waals surface area contributed by atoms with E-state index in [2.05, 4.69) is 29.2 Å². The highest BCUT2D eigenvalue weighted by Crippen LogP contribution is 2.08. The Morgan fingerprint density at radius 2 is 1.86 bits per heavy atom. The molecule has 0 aliphatic carbocycles. The van der Waals surface area contributed by atoms with E-state index >= 15 is 0 Å². The van der Waals surface area contributed by atoms with Crippen molar-refractivity contribution in [3.63, 3.8) is 0 Å². The van der Waals surface area contributed by atoms with E-state index in [1.54, 1.807) is 6.92 Å². The molecule has 72 valence electrons. The van der Waals surface area contributed by atoms with E-state index < -0.39 is 0 Å². The van der Waals surface area contributed by atoms with Crippen LogP contribution in [0.15, 0.2) is 34.4 Å². The highest BCUT2D eigenvalue weighted by atomic mass is 16.6. The molecular formula is C11H12N2O. The van der Waals surface area contributed by atoms with Crippen molar-refractivity contribution in [3.05, 3.63) is 35.4 Å². The maximum Gasteiger partial charge on any atom is 0.217 e. The third kappa shape index (κ3) is 1.82. The topological polar surface area (TPSA) is 34.0 Å². The highest BCUT2D eigenvalue weighted by Gasteiger charge is 2.08. The van der Waals surface area contributed by atoms with Gasteiger partial charge in [-0.3, -0.25) is 0 Å². The summed E-state index contributed by atoms with van der Waals surface area (Å²) in [6, 6.07) is 8.19. The van der Waals surface area contributed by atoms with Crippen LogP contribution in [0.3, 0.4) is 0 Å². The standard InChI is InChI=1S/C11H12N2O/c1-8-3-5-10(6-4-8)11-7-12-9(2)14-13-11/h3-6H,7H2,1-2H3. The zero-order valence-electron chi connectivity index (χ0n) is 8.32. The Balaban J connectivity index is 2.21. The largest absolute Gasteiger partial charge is 0.342 e. The lowest BCUT2D eigenvalue weighted by Crippen LogP contribution is -2.14. The molecule has 0 atom stereocenters. The summed E-state index contributed by atoms with van der Waals surface area (Å²) in [5, 5.41) is 4.00. The average molecular weight is 188 g/mol. The highest BCUT2D eigenvalue weighted by molar-refractivity contribution is 6.03. The smallest absolute Gasteiger partial charge is 0.217 e. The molecule has 0 bridgehead atoms. The number of aryl methyl sites for hydroxylation is 1. The fourth-order valence-electron chi connectivity index (χ4n) is 1.26. The van der Waals surface area contributed by atoms with Crippen LogP contribution in [0.1, 0.15) is 18.1 Å². The maximum atomic E-state index is 5.01. The van der Waals surface area contributed by atoms with Gasteiger partial charge in [0.25, 0.3) is 0 Å². The summed E-state index contributed by atoms with van der Waals surface area (Å²) in [7, 11) is 0. The molecule has 0 saturated carbocycles. The van der Waals surface area contributed by atoms with Gasteiger partial charge in [0.05, 0.1) is 6.54 Å². The maximum absolute atomic E-state index is 5.01. The van der Waals surface area contributed by atoms with Gasteiger partial charge >= 0.3 is 0 Å². The first-order valence-corrected chi connectivity index (χ1v) is 4.58. The van der Waals surface area contributed by atoms with Crippen LogP contribution in [-0.4, -0.2) is 18.2 Å². The molecule has 1 aromatic rings. The second kappa shape index (κ2) is 3.62. The predicted molar refractivity (Wildman–Crippen MR) is 56.8 cm³/mol. The van der Waals surface area contributed by atoms with E-state index in [-0.39, 0.29) is 0 Å². The molecule has 0 aromatic heterocycles. The molecule has 3 nitrogen and oxygen atoms in total. The lowest BCUT2D eigenvalue weighted by atomic mass is 10.1. The summed E-state index contributed by atoms with van der Waals surface area (Å²) in [6.45, 7) is 4.47. The van der Waals surface area contributed by atoms with Crippen LogP contribution in [0.25, 0.3) is 0 Å². The summed E-state index contributed by atoms with van der Waals surface area (Å²) < 4.78 is 0. The number of benzene rings is 1. The van der Waals surface area contributed by atoms with Crippen LogP contribution in [0.5, 0.6) is 0 Å². The molecule has 2 rings (SSSR count). The third-order valence-corrected chi connectivity index (χ3v) is 2.12. The summed E-state index contributed by atoms with van der Waals surface area (Å²) in [6.07, 6.45) is 0. The molecule has 0 radical (unpaired) electrons. The van der Waals surface area contributed by atoms with E-state index in [1.165, 1.54) is 5.56 Å². The van der Waals surface area contributed by atoms with Crippen molar-refractivity contribution in [2.24, 2.45) is 10.1 Å². The molecule has 0 spiro atoms. The van der Waals surface area contributed by atoms with Crippen LogP contribution in [-0.2, 0) is 4.84 Å². The Kier molecular flexibility index (Phi) is 2.31. The van der Waals surface area contributed by atoms with Crippen LogP contribution in [0.2, 0.25) is 0 Å². The molecule has 1 aliphatic heterocycles. The van der Waals surface area contributed by atoms with Crippen molar-refractivity contribution in [2.45, 2.75) is 13.8 Å². The van der Waals surface area contributed by atoms with Gasteiger partial charge in [0.15, 0.2) is 0 Å². The van der Waals surface area contributed by atoms with E-state index in [1.807, 2.05) is 12.1 Å². The average Bonchev–Trinajstić information content (AvgIpc) is 2.21. The van der Waals surface area contributed by atoms with Crippen molar-refractivity contribution in [3.8, 4) is 0 Å². The number of hydrogen-bond acceptors (Lipinski definition) is 3. The third-order valence-electron chi connectivity index (χ3n) is 2.12. The van der Waals surface area contributed by atoms with Gasteiger partial charge in [-0.1, -0.05) is 35.0 Å². The Labute approximate surface area is 83.1 Å². The van der Waals surface area contributed by atoms with E-state index in [0.29, 0.717) is 12.4 Å². The predicted octanol–water partition coefficient (Wildman–Crippen LogP) is 2.15. The number of oxime groups is 1. The molecular weight excluding hydrogens is 176 g/mol. The summed E-state index contributed by atoms with van der Waals surface area (Å²) >= 11 is 0. The van der Waals surface area contributed by atoms with Gasteiger partial charge < -0.3 is 4.84 Å². The van der Waals surface area contributed by atoms with Crippen molar-refractivity contribution in [1.82, 2.24) is 0 Å². The van der Waals surface area contributed by atoms with Crippen LogP contribution in [0.4, 0.5) is 0 Å². The second-order valence-electron chi connectivity index (χ2n) is 3.33. The Morgan fingerprint density at radius 1 is 1.14 bits per heavy atom. The van der Waals surface area contributed by atoms with Crippen LogP contribution >= 0.6 is 0 Å². The van der Waals surface area contributed by atoms with Crippen molar-refractivity contribution >= 4 is 11.6 Å². The minimum absolute atomic E-state index is 0.606. The first-order chi connectivity index (χ1) is 6.75. The molecule has 0 N–H and O–H groups in total. The zero-order valence-corrected chi connectivity index (χ0v) is 8.32. The van der Waals surface area contributed by atoms with Gasteiger partial charge in [-0.05, 0) is 6.92 Å². The molecule has 3 heteroatoms. The first-order valence-electron chi connectivity index (χ1n) is 4.58. The van der Waals surface area contributed by atoms with Crippen LogP contribution < -0.4 is 0 Å². The molecule has 0 fully saturated rings.